The Morgan fingerprint density at radius 3 is 2.33 bits per heavy atom. The van der Waals surface area contributed by atoms with Crippen LogP contribution in [0.4, 0.5) is 16.2 Å². The van der Waals surface area contributed by atoms with Crippen LogP contribution in [0.3, 0.4) is 0 Å². The summed E-state index contributed by atoms with van der Waals surface area (Å²) in [6, 6.07) is 7.55. The molecule has 0 aliphatic carbocycles. The molecule has 132 valence electrons. The fourth-order valence-electron chi connectivity index (χ4n) is 2.63. The molecule has 1 heterocycles. The van der Waals surface area contributed by atoms with Crippen molar-refractivity contribution in [1.82, 2.24) is 10.6 Å². The lowest BCUT2D eigenvalue weighted by Gasteiger charge is -2.28. The highest BCUT2D eigenvalue weighted by molar-refractivity contribution is 5.94. The highest BCUT2D eigenvalue weighted by atomic mass is 16.2. The van der Waals surface area contributed by atoms with Crippen LogP contribution in [-0.2, 0) is 4.79 Å². The highest BCUT2D eigenvalue weighted by Crippen LogP contribution is 2.21. The van der Waals surface area contributed by atoms with E-state index in [1.807, 2.05) is 38.1 Å². The van der Waals surface area contributed by atoms with Crippen LogP contribution in [0.5, 0.6) is 0 Å². The van der Waals surface area contributed by atoms with Gasteiger partial charge in [-0.2, -0.15) is 0 Å². The van der Waals surface area contributed by atoms with Gasteiger partial charge in [-0.05, 0) is 49.4 Å². The lowest BCUT2D eigenvalue weighted by atomic mass is 10.1. The fraction of sp³-hybridized carbons (Fsp3) is 0.556. The third-order valence-electron chi connectivity index (χ3n) is 3.95. The predicted molar refractivity (Wildman–Crippen MR) is 97.4 cm³/mol. The quantitative estimate of drug-likeness (QED) is 0.749. The van der Waals surface area contributed by atoms with Gasteiger partial charge in [-0.3, -0.25) is 4.79 Å². The number of anilines is 2. The summed E-state index contributed by atoms with van der Waals surface area (Å²) in [5, 5.41) is 8.05. The number of urea groups is 1. The van der Waals surface area contributed by atoms with Crippen LogP contribution in [0.15, 0.2) is 24.3 Å². The zero-order chi connectivity index (χ0) is 17.4. The number of hydrogen-bond acceptors (Lipinski definition) is 3. The average molecular weight is 332 g/mol. The van der Waals surface area contributed by atoms with Crippen LogP contribution in [-0.4, -0.2) is 38.1 Å². The number of rotatable bonds is 6. The van der Waals surface area contributed by atoms with Crippen molar-refractivity contribution in [3.8, 4) is 0 Å². The lowest BCUT2D eigenvalue weighted by Crippen LogP contribution is -2.41. The Hall–Kier alpha value is -2.24. The number of benzene rings is 1. The maximum Gasteiger partial charge on any atom is 0.315 e. The van der Waals surface area contributed by atoms with Gasteiger partial charge in [0.25, 0.3) is 0 Å². The first-order chi connectivity index (χ1) is 11.5. The molecule has 1 fully saturated rings. The highest BCUT2D eigenvalue weighted by Gasteiger charge is 2.11. The number of piperidine rings is 1. The summed E-state index contributed by atoms with van der Waals surface area (Å²) in [7, 11) is 0. The van der Waals surface area contributed by atoms with E-state index >= 15 is 0 Å². The Bertz CT molecular complexity index is 536. The first-order valence-corrected chi connectivity index (χ1v) is 8.71. The van der Waals surface area contributed by atoms with Gasteiger partial charge < -0.3 is 20.9 Å². The van der Waals surface area contributed by atoms with Crippen LogP contribution < -0.4 is 20.9 Å². The molecule has 0 atom stereocenters. The minimum absolute atomic E-state index is 0.0438. The van der Waals surface area contributed by atoms with E-state index in [0.29, 0.717) is 12.5 Å². The van der Waals surface area contributed by atoms with Crippen LogP contribution in [0.1, 0.15) is 33.1 Å². The predicted octanol–water partition coefficient (Wildman–Crippen LogP) is 2.57. The van der Waals surface area contributed by atoms with Crippen LogP contribution in [0, 0.1) is 5.92 Å². The number of nitrogens with one attached hydrogen (secondary N) is 3. The van der Waals surface area contributed by atoms with Crippen molar-refractivity contribution < 1.29 is 9.59 Å². The molecule has 2 rings (SSSR count). The summed E-state index contributed by atoms with van der Waals surface area (Å²) in [6.07, 6.45) is 3.79. The zero-order valence-electron chi connectivity index (χ0n) is 14.6. The topological polar surface area (TPSA) is 73.5 Å². The molecule has 0 unspecified atom stereocenters. The van der Waals surface area contributed by atoms with E-state index in [2.05, 4.69) is 20.9 Å². The Labute approximate surface area is 144 Å². The van der Waals surface area contributed by atoms with Gasteiger partial charge in [-0.15, -0.1) is 0 Å². The number of nitrogens with zero attached hydrogens (tertiary/aromatic N) is 1. The van der Waals surface area contributed by atoms with Crippen molar-refractivity contribution in [2.24, 2.45) is 5.92 Å². The van der Waals surface area contributed by atoms with Crippen molar-refractivity contribution in [3.05, 3.63) is 24.3 Å². The number of hydrogen-bond donors (Lipinski definition) is 3. The van der Waals surface area contributed by atoms with Gasteiger partial charge in [0.05, 0.1) is 6.54 Å². The van der Waals surface area contributed by atoms with Crippen molar-refractivity contribution in [1.29, 1.82) is 0 Å². The second-order valence-corrected chi connectivity index (χ2v) is 6.60. The molecule has 0 saturated carbocycles. The number of carbonyl (C=O) groups excluding carboxylic acids is 2. The molecule has 1 aromatic rings. The van der Waals surface area contributed by atoms with Crippen molar-refractivity contribution >= 4 is 23.3 Å². The third-order valence-corrected chi connectivity index (χ3v) is 3.95. The van der Waals surface area contributed by atoms with E-state index in [1.165, 1.54) is 24.9 Å². The summed E-state index contributed by atoms with van der Waals surface area (Å²) in [6.45, 7) is 6.77. The Kier molecular flexibility index (Phi) is 6.90. The van der Waals surface area contributed by atoms with Crippen LogP contribution >= 0.6 is 0 Å². The maximum atomic E-state index is 11.9. The average Bonchev–Trinajstić information content (AvgIpc) is 2.59. The number of amides is 3. The molecule has 1 aliphatic rings. The summed E-state index contributed by atoms with van der Waals surface area (Å²) in [5.41, 5.74) is 1.93. The molecule has 1 aliphatic heterocycles. The van der Waals surface area contributed by atoms with Gasteiger partial charge in [0.15, 0.2) is 0 Å². The molecule has 0 spiro atoms. The molecule has 0 aromatic heterocycles. The number of carbonyl (C=O) groups is 2. The SMILES string of the molecule is CC(C)CNC(=O)NCC(=O)Nc1ccc(N2CCCCC2)cc1. The smallest absolute Gasteiger partial charge is 0.315 e. The Balaban J connectivity index is 1.74. The monoisotopic (exact) mass is 332 g/mol. The van der Waals surface area contributed by atoms with E-state index < -0.39 is 0 Å². The second-order valence-electron chi connectivity index (χ2n) is 6.60. The summed E-state index contributed by atoms with van der Waals surface area (Å²) >= 11 is 0. The maximum absolute atomic E-state index is 11.9. The second kappa shape index (κ2) is 9.15. The molecule has 1 saturated heterocycles. The molecule has 3 amide bonds. The fourth-order valence-corrected chi connectivity index (χ4v) is 2.63. The summed E-state index contributed by atoms with van der Waals surface area (Å²) in [4.78, 5) is 25.8. The minimum Gasteiger partial charge on any atom is -0.372 e. The van der Waals surface area contributed by atoms with Gasteiger partial charge in [0.1, 0.15) is 0 Å². The molecular weight excluding hydrogens is 304 g/mol. The van der Waals surface area contributed by atoms with Gasteiger partial charge in [-0.1, -0.05) is 13.8 Å². The largest absolute Gasteiger partial charge is 0.372 e. The zero-order valence-corrected chi connectivity index (χ0v) is 14.6. The Morgan fingerprint density at radius 2 is 1.71 bits per heavy atom. The van der Waals surface area contributed by atoms with Gasteiger partial charge in [0, 0.05) is 31.0 Å². The van der Waals surface area contributed by atoms with Crippen molar-refractivity contribution in [3.63, 3.8) is 0 Å². The molecule has 3 N–H and O–H groups in total. The normalized spacial score (nSPS) is 14.4. The van der Waals surface area contributed by atoms with E-state index in [-0.39, 0.29) is 18.5 Å². The van der Waals surface area contributed by atoms with Crippen molar-refractivity contribution in [2.45, 2.75) is 33.1 Å². The van der Waals surface area contributed by atoms with E-state index in [1.54, 1.807) is 0 Å². The van der Waals surface area contributed by atoms with E-state index in [9.17, 15) is 9.59 Å². The van der Waals surface area contributed by atoms with Gasteiger partial charge in [-0.25, -0.2) is 4.79 Å². The van der Waals surface area contributed by atoms with E-state index in [4.69, 9.17) is 0 Å². The molecule has 6 nitrogen and oxygen atoms in total. The first kappa shape index (κ1) is 18.1. The van der Waals surface area contributed by atoms with Crippen molar-refractivity contribution in [2.75, 3.05) is 36.4 Å². The third kappa shape index (κ3) is 6.10. The lowest BCUT2D eigenvalue weighted by molar-refractivity contribution is -0.115. The standard InChI is InChI=1S/C18H28N4O2/c1-14(2)12-19-18(24)20-13-17(23)21-15-6-8-16(9-7-15)22-10-4-3-5-11-22/h6-9,14H,3-5,10-13H2,1-2H3,(H,21,23)(H2,19,20,24). The van der Waals surface area contributed by atoms with Gasteiger partial charge in [0.2, 0.25) is 5.91 Å². The summed E-state index contributed by atoms with van der Waals surface area (Å²) in [5.74, 6) is 0.142. The van der Waals surface area contributed by atoms with Crippen LogP contribution in [0.2, 0.25) is 0 Å². The molecular formula is C18H28N4O2. The van der Waals surface area contributed by atoms with Gasteiger partial charge >= 0.3 is 6.03 Å². The molecule has 1 aromatic carbocycles. The Morgan fingerprint density at radius 1 is 1.04 bits per heavy atom. The summed E-state index contributed by atoms with van der Waals surface area (Å²) < 4.78 is 0. The molecule has 0 radical (unpaired) electrons. The first-order valence-electron chi connectivity index (χ1n) is 8.71. The van der Waals surface area contributed by atoms with Crippen LogP contribution in [0.25, 0.3) is 0 Å². The molecule has 0 bridgehead atoms. The molecule has 24 heavy (non-hydrogen) atoms. The van der Waals surface area contributed by atoms with E-state index in [0.717, 1.165) is 18.8 Å². The minimum atomic E-state index is -0.320. The molecule has 6 heteroatoms.